The number of fused-ring (bicyclic) bond motifs is 1. The van der Waals surface area contributed by atoms with Gasteiger partial charge in [0.05, 0.1) is 6.61 Å². The number of nitrogens with one attached hydrogen (secondary N) is 2. The van der Waals surface area contributed by atoms with E-state index >= 15 is 0 Å². The molecule has 0 saturated carbocycles. The summed E-state index contributed by atoms with van der Waals surface area (Å²) in [4.78, 5) is 14.4. The zero-order chi connectivity index (χ0) is 18.6. The summed E-state index contributed by atoms with van der Waals surface area (Å²) in [6.45, 7) is 5.83. The van der Waals surface area contributed by atoms with E-state index in [1.165, 1.54) is 12.8 Å². The van der Waals surface area contributed by atoms with Crippen molar-refractivity contribution in [3.8, 4) is 5.88 Å². The molecule has 6 nitrogen and oxygen atoms in total. The second-order valence-electron chi connectivity index (χ2n) is 7.49. The fourth-order valence-electron chi connectivity index (χ4n) is 3.58. The Morgan fingerprint density at radius 2 is 2.00 bits per heavy atom. The Morgan fingerprint density at radius 1 is 1.19 bits per heavy atom. The van der Waals surface area contributed by atoms with Crippen LogP contribution in [0.15, 0.2) is 36.7 Å². The standard InChI is InChI=1S/C21H27N5O/c1-15-11-18-19(4-8-23-21(18)25-15)24-13-17-3-7-22-20(12-17)27-14-16-5-9-26(2)10-6-16/h3-4,7-8,11-12,16H,5-6,9-10,13-14H2,1-2H3,(H2,23,24,25). The number of aromatic nitrogens is 3. The molecule has 2 N–H and O–H groups in total. The van der Waals surface area contributed by atoms with E-state index in [2.05, 4.69) is 38.3 Å². The van der Waals surface area contributed by atoms with E-state index in [1.54, 1.807) is 0 Å². The molecule has 142 valence electrons. The lowest BCUT2D eigenvalue weighted by Crippen LogP contribution is -2.32. The van der Waals surface area contributed by atoms with Crippen LogP contribution in [0.4, 0.5) is 5.69 Å². The van der Waals surface area contributed by atoms with Gasteiger partial charge in [-0.1, -0.05) is 0 Å². The smallest absolute Gasteiger partial charge is 0.213 e. The van der Waals surface area contributed by atoms with Gasteiger partial charge in [-0.15, -0.1) is 0 Å². The number of hydrogen-bond acceptors (Lipinski definition) is 5. The SMILES string of the molecule is Cc1cc2c(NCc3ccnc(OCC4CCN(C)CC4)c3)ccnc2[nH]1. The topological polar surface area (TPSA) is 66.1 Å². The summed E-state index contributed by atoms with van der Waals surface area (Å²) < 4.78 is 5.97. The molecule has 4 rings (SSSR count). The average Bonchev–Trinajstić information content (AvgIpc) is 3.07. The Hall–Kier alpha value is -2.60. The Balaban J connectivity index is 1.36. The van der Waals surface area contributed by atoms with Gasteiger partial charge in [0.25, 0.3) is 0 Å². The number of H-pyrrole nitrogens is 1. The van der Waals surface area contributed by atoms with Crippen LogP contribution < -0.4 is 10.1 Å². The fraction of sp³-hybridized carbons (Fsp3) is 0.429. The summed E-state index contributed by atoms with van der Waals surface area (Å²) in [7, 11) is 2.18. The van der Waals surface area contributed by atoms with Crippen LogP contribution >= 0.6 is 0 Å². The number of ether oxygens (including phenoxy) is 1. The summed E-state index contributed by atoms with van der Waals surface area (Å²) in [6, 6.07) is 8.18. The number of likely N-dealkylation sites (tertiary alicyclic amines) is 1. The Kier molecular flexibility index (Phi) is 5.25. The zero-order valence-corrected chi connectivity index (χ0v) is 16.0. The molecule has 1 fully saturated rings. The second kappa shape index (κ2) is 7.96. The monoisotopic (exact) mass is 365 g/mol. The minimum Gasteiger partial charge on any atom is -0.477 e. The minimum absolute atomic E-state index is 0.631. The Labute approximate surface area is 160 Å². The van der Waals surface area contributed by atoms with E-state index in [1.807, 2.05) is 37.5 Å². The summed E-state index contributed by atoms with van der Waals surface area (Å²) in [5.74, 6) is 1.34. The molecule has 0 aromatic carbocycles. The largest absolute Gasteiger partial charge is 0.477 e. The van der Waals surface area contributed by atoms with E-state index in [9.17, 15) is 0 Å². The lowest BCUT2D eigenvalue weighted by Gasteiger charge is -2.28. The van der Waals surface area contributed by atoms with Crippen molar-refractivity contribution >= 4 is 16.7 Å². The average molecular weight is 365 g/mol. The molecule has 0 bridgehead atoms. The van der Waals surface area contributed by atoms with Crippen LogP contribution in [0, 0.1) is 12.8 Å². The molecule has 1 aliphatic rings. The number of piperidine rings is 1. The molecule has 0 atom stereocenters. The number of pyridine rings is 2. The number of rotatable bonds is 6. The first-order chi connectivity index (χ1) is 13.2. The van der Waals surface area contributed by atoms with E-state index in [0.29, 0.717) is 11.8 Å². The summed E-state index contributed by atoms with van der Waals surface area (Å²) >= 11 is 0. The quantitative estimate of drug-likeness (QED) is 0.699. The van der Waals surface area contributed by atoms with Crippen molar-refractivity contribution in [3.63, 3.8) is 0 Å². The van der Waals surface area contributed by atoms with E-state index < -0.39 is 0 Å². The predicted molar refractivity (Wildman–Crippen MR) is 108 cm³/mol. The van der Waals surface area contributed by atoms with Crippen molar-refractivity contribution in [2.24, 2.45) is 5.92 Å². The maximum absolute atomic E-state index is 5.97. The third-order valence-corrected chi connectivity index (χ3v) is 5.25. The molecule has 6 heteroatoms. The molecule has 1 saturated heterocycles. The Bertz CT molecular complexity index is 898. The van der Waals surface area contributed by atoms with Gasteiger partial charge in [0.1, 0.15) is 5.65 Å². The van der Waals surface area contributed by atoms with Crippen molar-refractivity contribution in [1.82, 2.24) is 19.9 Å². The van der Waals surface area contributed by atoms with Gasteiger partial charge >= 0.3 is 0 Å². The normalized spacial score (nSPS) is 15.9. The predicted octanol–water partition coefficient (Wildman–Crippen LogP) is 3.60. The minimum atomic E-state index is 0.631. The summed E-state index contributed by atoms with van der Waals surface area (Å²) in [5.41, 5.74) is 4.25. The molecule has 0 unspecified atom stereocenters. The van der Waals surface area contributed by atoms with Crippen molar-refractivity contribution in [2.75, 3.05) is 32.1 Å². The molecule has 3 aromatic heterocycles. The highest BCUT2D eigenvalue weighted by atomic mass is 16.5. The van der Waals surface area contributed by atoms with Crippen LogP contribution in [-0.4, -0.2) is 46.6 Å². The highest BCUT2D eigenvalue weighted by Gasteiger charge is 2.17. The number of nitrogens with zero attached hydrogens (tertiary/aromatic N) is 3. The summed E-state index contributed by atoms with van der Waals surface area (Å²) in [5, 5.41) is 4.62. The van der Waals surface area contributed by atoms with Gasteiger partial charge in [-0.3, -0.25) is 0 Å². The number of aryl methyl sites for hydroxylation is 1. The van der Waals surface area contributed by atoms with Crippen molar-refractivity contribution in [2.45, 2.75) is 26.3 Å². The van der Waals surface area contributed by atoms with Crippen molar-refractivity contribution < 1.29 is 4.74 Å². The van der Waals surface area contributed by atoms with Crippen molar-refractivity contribution in [1.29, 1.82) is 0 Å². The zero-order valence-electron chi connectivity index (χ0n) is 16.0. The number of aromatic amines is 1. The molecule has 3 aromatic rings. The first kappa shape index (κ1) is 17.8. The third-order valence-electron chi connectivity index (χ3n) is 5.25. The molecule has 27 heavy (non-hydrogen) atoms. The maximum atomic E-state index is 5.97. The van der Waals surface area contributed by atoms with E-state index in [4.69, 9.17) is 4.74 Å². The fourth-order valence-corrected chi connectivity index (χ4v) is 3.58. The molecule has 1 aliphatic heterocycles. The van der Waals surface area contributed by atoms with Gasteiger partial charge in [-0.25, -0.2) is 9.97 Å². The number of anilines is 1. The van der Waals surface area contributed by atoms with Crippen LogP contribution in [0.5, 0.6) is 5.88 Å². The molecule has 4 heterocycles. The lowest BCUT2D eigenvalue weighted by atomic mass is 9.98. The second-order valence-corrected chi connectivity index (χ2v) is 7.49. The third kappa shape index (κ3) is 4.39. The summed E-state index contributed by atoms with van der Waals surface area (Å²) in [6.07, 6.45) is 6.05. The first-order valence-corrected chi connectivity index (χ1v) is 9.62. The maximum Gasteiger partial charge on any atom is 0.213 e. The molecule has 0 spiro atoms. The molecular weight excluding hydrogens is 338 g/mol. The molecule has 0 aliphatic carbocycles. The van der Waals surface area contributed by atoms with Gasteiger partial charge in [-0.2, -0.15) is 0 Å². The van der Waals surface area contributed by atoms with E-state index in [-0.39, 0.29) is 0 Å². The van der Waals surface area contributed by atoms with Gasteiger partial charge in [0, 0.05) is 41.8 Å². The molecule has 0 radical (unpaired) electrons. The number of hydrogen-bond donors (Lipinski definition) is 2. The lowest BCUT2D eigenvalue weighted by molar-refractivity contribution is 0.157. The highest BCUT2D eigenvalue weighted by Crippen LogP contribution is 2.23. The highest BCUT2D eigenvalue weighted by molar-refractivity contribution is 5.89. The van der Waals surface area contributed by atoms with Gasteiger partial charge in [0.15, 0.2) is 0 Å². The van der Waals surface area contributed by atoms with Crippen LogP contribution in [0.1, 0.15) is 24.1 Å². The van der Waals surface area contributed by atoms with Crippen LogP contribution in [0.3, 0.4) is 0 Å². The molecule has 0 amide bonds. The van der Waals surface area contributed by atoms with Crippen LogP contribution in [0.25, 0.3) is 11.0 Å². The van der Waals surface area contributed by atoms with E-state index in [0.717, 1.165) is 54.2 Å². The van der Waals surface area contributed by atoms with Crippen LogP contribution in [-0.2, 0) is 6.54 Å². The van der Waals surface area contributed by atoms with Gasteiger partial charge < -0.3 is 19.9 Å². The van der Waals surface area contributed by atoms with Crippen LogP contribution in [0.2, 0.25) is 0 Å². The van der Waals surface area contributed by atoms with Gasteiger partial charge in [-0.05, 0) is 69.6 Å². The molecular formula is C21H27N5O. The Morgan fingerprint density at radius 3 is 2.85 bits per heavy atom. The first-order valence-electron chi connectivity index (χ1n) is 9.62. The van der Waals surface area contributed by atoms with Gasteiger partial charge in [0.2, 0.25) is 5.88 Å². The van der Waals surface area contributed by atoms with Crippen molar-refractivity contribution in [3.05, 3.63) is 47.9 Å².